The van der Waals surface area contributed by atoms with Gasteiger partial charge in [0, 0.05) is 124 Å². The van der Waals surface area contributed by atoms with Crippen LogP contribution in [0.3, 0.4) is 0 Å². The van der Waals surface area contributed by atoms with E-state index in [9.17, 15) is 52.8 Å². The van der Waals surface area contributed by atoms with Gasteiger partial charge < -0.3 is 16.0 Å². The van der Waals surface area contributed by atoms with Crippen molar-refractivity contribution in [1.29, 1.82) is 0 Å². The number of hydrogen-bond acceptors (Lipinski definition) is 15. The third-order valence-electron chi connectivity index (χ3n) is 15.9. The van der Waals surface area contributed by atoms with E-state index in [2.05, 4.69) is 45.4 Å². The van der Waals surface area contributed by atoms with Crippen LogP contribution in [0.15, 0.2) is 110 Å². The second kappa shape index (κ2) is 29.9. The molecule has 0 saturated carbocycles. The Morgan fingerprint density at radius 3 is 0.918 bits per heavy atom. The maximum Gasteiger partial charge on any atom is 0.280 e. The Labute approximate surface area is 586 Å². The number of carbonyl (C=O) groups is 3. The molecule has 9 heterocycles. The van der Waals surface area contributed by atoms with Gasteiger partial charge in [-0.3, -0.25) is 28.4 Å². The molecule has 6 N–H and O–H groups in total. The summed E-state index contributed by atoms with van der Waals surface area (Å²) in [6.07, 6.45) is 11.6. The van der Waals surface area contributed by atoms with Crippen molar-refractivity contribution < 1.29 is 52.8 Å². The zero-order valence-corrected chi connectivity index (χ0v) is 59.6. The lowest BCUT2D eigenvalue weighted by molar-refractivity contribution is -0.120. The van der Waals surface area contributed by atoms with E-state index in [0.717, 1.165) is 93.8 Å². The number of nitrogens with one attached hydrogen (secondary N) is 6. The Hall–Kier alpha value is -6.93. The molecule has 3 fully saturated rings. The van der Waals surface area contributed by atoms with Gasteiger partial charge in [0.05, 0.1) is 51.8 Å². The van der Waals surface area contributed by atoms with E-state index >= 15 is 0 Å². The summed E-state index contributed by atoms with van der Waals surface area (Å²) < 4.78 is 133. The Kier molecular flexibility index (Phi) is 22.9. The van der Waals surface area contributed by atoms with Crippen LogP contribution < -0.4 is 30.1 Å². The molecule has 6 atom stereocenters. The molecule has 9 aromatic rings. The van der Waals surface area contributed by atoms with Crippen LogP contribution in [0.5, 0.6) is 0 Å². The molecule has 3 saturated heterocycles. The molecule has 0 radical (unpaired) electrons. The summed E-state index contributed by atoms with van der Waals surface area (Å²) in [6, 6.07) is 12.6. The normalized spacial score (nSPS) is 20.7. The topological polar surface area (TPSA) is 289 Å². The number of likely N-dealkylation sites (N-methyl/N-ethyl adjacent to an activating group) is 3. The number of benzene rings is 3. The number of anilines is 3. The first-order chi connectivity index (χ1) is 45.1. The van der Waals surface area contributed by atoms with Crippen LogP contribution in [0.4, 0.5) is 30.2 Å². The molecule has 97 heavy (non-hydrogen) atoms. The monoisotopic (exact) mass is 1510 g/mol. The van der Waals surface area contributed by atoms with E-state index in [1.807, 2.05) is 78.7 Å². The summed E-state index contributed by atoms with van der Waals surface area (Å²) in [6.45, 7) is 5.86. The van der Waals surface area contributed by atoms with Gasteiger partial charge in [0.1, 0.15) is 35.6 Å². The largest absolute Gasteiger partial charge is 0.325 e. The highest BCUT2D eigenvalue weighted by molar-refractivity contribution is 7.87. The van der Waals surface area contributed by atoms with E-state index in [-0.39, 0.29) is 58.8 Å². The maximum absolute atomic E-state index is 13.4. The second-order valence-electron chi connectivity index (χ2n) is 22.9. The van der Waals surface area contributed by atoms with Crippen molar-refractivity contribution in [3.8, 4) is 31.3 Å². The van der Waals surface area contributed by atoms with Crippen molar-refractivity contribution >= 4 is 134 Å². The van der Waals surface area contributed by atoms with Gasteiger partial charge in [0.15, 0.2) is 0 Å². The van der Waals surface area contributed by atoms with E-state index in [4.69, 9.17) is 34.8 Å². The number of hydrogen-bond donors (Lipinski definition) is 6. The first-order valence-electron chi connectivity index (χ1n) is 29.0. The first-order valence-corrected chi connectivity index (χ1v) is 36.9. The number of aryl methyl sites for hydroxylation is 6. The lowest BCUT2D eigenvalue weighted by atomic mass is 10.0. The van der Waals surface area contributed by atoms with Crippen LogP contribution in [0.25, 0.3) is 31.3 Å². The number of thiophene rings is 3. The van der Waals surface area contributed by atoms with Crippen molar-refractivity contribution in [2.24, 2.45) is 21.1 Å². The maximum atomic E-state index is 13.4. The Morgan fingerprint density at radius 1 is 0.454 bits per heavy atom. The van der Waals surface area contributed by atoms with E-state index < -0.39 is 102 Å². The molecule has 3 amide bonds. The molecule has 518 valence electrons. The van der Waals surface area contributed by atoms with Gasteiger partial charge in [-0.25, -0.2) is 13.2 Å². The quantitative estimate of drug-likeness (QED) is 0.0666. The van der Waals surface area contributed by atoms with Crippen molar-refractivity contribution in [2.75, 3.05) is 37.1 Å². The molecule has 6 aromatic heterocycles. The average molecular weight is 1510 g/mol. The van der Waals surface area contributed by atoms with Crippen molar-refractivity contribution in [2.45, 2.75) is 83.7 Å². The van der Waals surface area contributed by atoms with E-state index in [1.54, 1.807) is 32.6 Å². The van der Waals surface area contributed by atoms with Crippen molar-refractivity contribution in [3.63, 3.8) is 0 Å². The summed E-state index contributed by atoms with van der Waals surface area (Å²) in [5.41, 5.74) is 6.68. The smallest absolute Gasteiger partial charge is 0.280 e. The zero-order chi connectivity index (χ0) is 69.6. The van der Waals surface area contributed by atoms with Crippen molar-refractivity contribution in [1.82, 2.24) is 56.4 Å². The molecular weight excluding hydrogens is 1440 g/mol. The standard InChI is InChI=1S/3C20H21ClFN5O3S2.CH4/c3*1-11-6-18(31-19(11)12-9-23-26(2)10-12)16-8-17(27(3)32(29,30)25-16)20(28)24-13-4-5-15(22)14(21)7-13;/h3*4-7,9-10,16-17,25H,8H2,1-3H3,(H,24,28);1H4/t2*16-,17+;;/m10../s1. The highest BCUT2D eigenvalue weighted by atomic mass is 35.5. The van der Waals surface area contributed by atoms with Gasteiger partial charge in [-0.15, -0.1) is 34.0 Å². The van der Waals surface area contributed by atoms with E-state index in [0.29, 0.717) is 0 Å². The van der Waals surface area contributed by atoms with Crippen LogP contribution in [-0.4, -0.2) is 125 Å². The van der Waals surface area contributed by atoms with Crippen LogP contribution >= 0.6 is 68.8 Å². The lowest BCUT2D eigenvalue weighted by Gasteiger charge is -2.35. The molecule has 0 spiro atoms. The van der Waals surface area contributed by atoms with Crippen LogP contribution in [0.2, 0.25) is 15.1 Å². The zero-order valence-electron chi connectivity index (χ0n) is 52.4. The predicted molar refractivity (Wildman–Crippen MR) is 374 cm³/mol. The fourth-order valence-electron chi connectivity index (χ4n) is 10.8. The molecule has 0 bridgehead atoms. The molecule has 3 aliphatic rings. The summed E-state index contributed by atoms with van der Waals surface area (Å²) >= 11 is 21.7. The second-order valence-corrected chi connectivity index (χ2v) is 32.6. The summed E-state index contributed by atoms with van der Waals surface area (Å²) in [5, 5.41) is 20.1. The Morgan fingerprint density at radius 2 is 0.701 bits per heavy atom. The Bertz CT molecular complexity index is 4340. The Balaban J connectivity index is 0.000000170. The van der Waals surface area contributed by atoms with Crippen LogP contribution in [0.1, 0.15) is 76.1 Å². The molecule has 3 aliphatic heterocycles. The third kappa shape index (κ3) is 16.9. The van der Waals surface area contributed by atoms with Gasteiger partial charge in [-0.05, 0) is 130 Å². The number of amides is 3. The van der Waals surface area contributed by atoms with Gasteiger partial charge in [0.25, 0.3) is 30.6 Å². The average Bonchev–Trinajstić information content (AvgIpc) is 1.77. The summed E-state index contributed by atoms with van der Waals surface area (Å²) in [5.74, 6) is -3.39. The highest BCUT2D eigenvalue weighted by Gasteiger charge is 2.44. The number of rotatable bonds is 12. The van der Waals surface area contributed by atoms with Gasteiger partial charge in [-0.2, -0.15) is 67.6 Å². The minimum absolute atomic E-state index is 0. The van der Waals surface area contributed by atoms with Gasteiger partial charge in [0.2, 0.25) is 17.7 Å². The van der Waals surface area contributed by atoms with Gasteiger partial charge >= 0.3 is 0 Å². The first kappa shape index (κ1) is 74.3. The molecule has 24 nitrogen and oxygen atoms in total. The minimum Gasteiger partial charge on any atom is -0.325 e. The fraction of sp³-hybridized carbons (Fsp3) is 0.311. The number of nitrogens with zero attached hydrogens (tertiary/aromatic N) is 9. The SMILES string of the molecule is C.Cc1cc(C2CC(C(=O)Nc3ccc(F)c(Cl)c3)N(C)S(=O)(=O)N2)sc1-c1cnn(C)c1.Cc1cc([C@@H]2C[C@H](C(=O)Nc3ccc(F)c(Cl)c3)N(C)S(=O)(=O)N2)sc1-c1cnn(C)c1.Cc1cc([C@H]2C[C@@H](C(=O)Nc3ccc(F)c(Cl)c3)N(C)S(=O)(=O)N2)sc1-c1cnn(C)c1. The highest BCUT2D eigenvalue weighted by Crippen LogP contribution is 2.42. The lowest BCUT2D eigenvalue weighted by Crippen LogP contribution is -2.55. The minimum atomic E-state index is -3.90. The predicted octanol–water partition coefficient (Wildman–Crippen LogP) is 11.0. The van der Waals surface area contributed by atoms with Crippen LogP contribution in [-0.2, 0) is 66.2 Å². The molecule has 36 heteroatoms. The third-order valence-corrected chi connectivity index (χ3v) is 25.8. The van der Waals surface area contributed by atoms with Crippen LogP contribution in [0, 0.1) is 38.2 Å². The molecule has 3 aromatic carbocycles. The fourth-order valence-corrected chi connectivity index (χ4v) is 19.0. The number of carbonyl (C=O) groups excluding carboxylic acids is 3. The van der Waals surface area contributed by atoms with Gasteiger partial charge in [-0.1, -0.05) is 42.2 Å². The molecule has 12 rings (SSSR count). The molecule has 0 aliphatic carbocycles. The van der Waals surface area contributed by atoms with E-state index in [1.165, 1.54) is 91.6 Å². The van der Waals surface area contributed by atoms with Crippen molar-refractivity contribution in [3.05, 3.63) is 174 Å². The number of halogens is 6. The number of aromatic nitrogens is 6. The molecule has 2 unspecified atom stereocenters. The summed E-state index contributed by atoms with van der Waals surface area (Å²) in [7, 11) is -2.16. The molecular formula is C61H67Cl3F3N15O9S6. The summed E-state index contributed by atoms with van der Waals surface area (Å²) in [4.78, 5) is 44.2.